The molecule has 218 valence electrons. The Hall–Kier alpha value is -5.42. The highest BCUT2D eigenvalue weighted by Gasteiger charge is 2.17. The average molecular weight is 575 g/mol. The molecule has 6 rings (SSSR count). The molecule has 43 heavy (non-hydrogen) atoms. The summed E-state index contributed by atoms with van der Waals surface area (Å²) in [6.45, 7) is 10.9. The minimum Gasteiger partial charge on any atom is -0.336 e. The first kappa shape index (κ1) is 32.1. The van der Waals surface area contributed by atoms with Gasteiger partial charge in [-0.3, -0.25) is 9.97 Å². The van der Waals surface area contributed by atoms with E-state index in [1.54, 1.807) is 0 Å². The standard InChI is InChI=1S/C17H18N2.C16H16N2.2CO2/c1-12-13(2)19(16-10-7-11-18-17(12)16)14(3)15-8-5-4-6-9-15;1-12-11-15-16(9-6-10-17-15)18(12)13(2)14-7-4-3-5-8-14;2*2-1-3/h4-11,14H,1-3H3;3-11,13H,1-2H3;;. The first-order chi connectivity index (χ1) is 20.8. The van der Waals surface area contributed by atoms with Gasteiger partial charge in [-0.25, -0.2) is 0 Å². The molecule has 0 radical (unpaired) electrons. The fourth-order valence-corrected chi connectivity index (χ4v) is 5.37. The molecule has 2 aromatic carbocycles. The highest BCUT2D eigenvalue weighted by molar-refractivity contribution is 5.81. The van der Waals surface area contributed by atoms with Crippen molar-refractivity contribution < 1.29 is 19.2 Å². The van der Waals surface area contributed by atoms with Gasteiger partial charge >= 0.3 is 12.3 Å². The van der Waals surface area contributed by atoms with Gasteiger partial charge in [0.05, 0.1) is 34.2 Å². The van der Waals surface area contributed by atoms with Crippen molar-refractivity contribution >= 4 is 34.4 Å². The molecule has 0 fully saturated rings. The summed E-state index contributed by atoms with van der Waals surface area (Å²) in [5, 5.41) is 0. The number of rotatable bonds is 4. The third-order valence-electron chi connectivity index (χ3n) is 7.45. The second-order valence-electron chi connectivity index (χ2n) is 9.86. The van der Waals surface area contributed by atoms with Crippen molar-refractivity contribution in [3.8, 4) is 0 Å². The number of nitrogens with zero attached hydrogens (tertiary/aromatic N) is 4. The van der Waals surface area contributed by atoms with Gasteiger partial charge in [0.2, 0.25) is 0 Å². The Bertz CT molecular complexity index is 1820. The summed E-state index contributed by atoms with van der Waals surface area (Å²) in [5.41, 5.74) is 11.1. The maximum Gasteiger partial charge on any atom is 0.373 e. The molecule has 6 aromatic rings. The van der Waals surface area contributed by atoms with Gasteiger partial charge < -0.3 is 9.13 Å². The fourth-order valence-electron chi connectivity index (χ4n) is 5.37. The van der Waals surface area contributed by atoms with Gasteiger partial charge in [-0.15, -0.1) is 0 Å². The summed E-state index contributed by atoms with van der Waals surface area (Å²) in [6.07, 6.45) is 4.21. The van der Waals surface area contributed by atoms with E-state index in [4.69, 9.17) is 19.2 Å². The highest BCUT2D eigenvalue weighted by Crippen LogP contribution is 2.30. The van der Waals surface area contributed by atoms with Crippen molar-refractivity contribution in [1.29, 1.82) is 0 Å². The van der Waals surface area contributed by atoms with E-state index in [0.717, 1.165) is 11.0 Å². The second-order valence-corrected chi connectivity index (χ2v) is 9.86. The zero-order chi connectivity index (χ0) is 31.4. The Labute approximate surface area is 250 Å². The lowest BCUT2D eigenvalue weighted by Gasteiger charge is -2.18. The topological polar surface area (TPSA) is 104 Å². The molecule has 4 heterocycles. The number of pyridine rings is 2. The summed E-state index contributed by atoms with van der Waals surface area (Å²) < 4.78 is 4.73. The minimum atomic E-state index is 0.250. The maximum absolute atomic E-state index is 8.12. The molecule has 2 unspecified atom stereocenters. The van der Waals surface area contributed by atoms with Crippen LogP contribution in [0.2, 0.25) is 0 Å². The molecule has 8 heteroatoms. The van der Waals surface area contributed by atoms with Crippen LogP contribution in [0.15, 0.2) is 103 Å². The first-order valence-corrected chi connectivity index (χ1v) is 13.7. The maximum atomic E-state index is 8.12. The third kappa shape index (κ3) is 7.46. The van der Waals surface area contributed by atoms with Crippen LogP contribution in [0.3, 0.4) is 0 Å². The minimum absolute atomic E-state index is 0.250. The molecule has 4 aromatic heterocycles. The number of hydrogen-bond acceptors (Lipinski definition) is 6. The van der Waals surface area contributed by atoms with Crippen LogP contribution in [0.25, 0.3) is 22.1 Å². The summed E-state index contributed by atoms with van der Waals surface area (Å²) in [6, 6.07) is 32.3. The Balaban J connectivity index is 0.000000200. The molecule has 2 atom stereocenters. The van der Waals surface area contributed by atoms with Crippen molar-refractivity contribution in [3.63, 3.8) is 0 Å². The predicted molar refractivity (Wildman–Crippen MR) is 164 cm³/mol. The van der Waals surface area contributed by atoms with Crippen LogP contribution in [0.1, 0.15) is 54.0 Å². The van der Waals surface area contributed by atoms with Gasteiger partial charge in [-0.1, -0.05) is 60.7 Å². The number of carbonyl (C=O) groups excluding carboxylic acids is 4. The van der Waals surface area contributed by atoms with E-state index in [2.05, 4.69) is 133 Å². The van der Waals surface area contributed by atoms with E-state index >= 15 is 0 Å². The first-order valence-electron chi connectivity index (χ1n) is 13.7. The highest BCUT2D eigenvalue weighted by atomic mass is 16.2. The van der Waals surface area contributed by atoms with E-state index in [9.17, 15) is 0 Å². The van der Waals surface area contributed by atoms with Crippen LogP contribution in [-0.2, 0) is 19.2 Å². The molecule has 0 aliphatic heterocycles. The van der Waals surface area contributed by atoms with Crippen LogP contribution in [0.5, 0.6) is 0 Å². The number of hydrogen-bond donors (Lipinski definition) is 0. The number of fused-ring (bicyclic) bond motifs is 2. The molecule has 0 spiro atoms. The Morgan fingerprint density at radius 2 is 1.07 bits per heavy atom. The Morgan fingerprint density at radius 3 is 1.60 bits per heavy atom. The molecule has 0 aliphatic rings. The average Bonchev–Trinajstić information content (AvgIpc) is 3.50. The second kappa shape index (κ2) is 15.5. The van der Waals surface area contributed by atoms with Gasteiger partial charge in [-0.2, -0.15) is 19.2 Å². The van der Waals surface area contributed by atoms with Gasteiger partial charge in [0.1, 0.15) is 0 Å². The summed E-state index contributed by atoms with van der Waals surface area (Å²) in [7, 11) is 0. The van der Waals surface area contributed by atoms with E-state index in [1.807, 2.05) is 24.5 Å². The van der Waals surface area contributed by atoms with E-state index in [1.165, 1.54) is 39.1 Å². The number of benzene rings is 2. The molecule has 0 bridgehead atoms. The lowest BCUT2D eigenvalue weighted by Crippen LogP contribution is -2.08. The fraction of sp³-hybridized carbons (Fsp3) is 0.200. The van der Waals surface area contributed by atoms with Crippen LogP contribution < -0.4 is 0 Å². The Morgan fingerprint density at radius 1 is 0.605 bits per heavy atom. The van der Waals surface area contributed by atoms with Gasteiger partial charge in [0.15, 0.2) is 0 Å². The van der Waals surface area contributed by atoms with E-state index in [0.29, 0.717) is 12.1 Å². The molecule has 0 amide bonds. The predicted octanol–water partition coefficient (Wildman–Crippen LogP) is 7.05. The molecule has 0 saturated carbocycles. The zero-order valence-corrected chi connectivity index (χ0v) is 24.9. The number of aromatic nitrogens is 4. The lowest BCUT2D eigenvalue weighted by atomic mass is 10.1. The third-order valence-corrected chi connectivity index (χ3v) is 7.45. The molecule has 0 N–H and O–H groups in total. The molecular weight excluding hydrogens is 540 g/mol. The van der Waals surface area contributed by atoms with Crippen LogP contribution in [-0.4, -0.2) is 31.4 Å². The van der Waals surface area contributed by atoms with Crippen LogP contribution >= 0.6 is 0 Å². The number of aryl methyl sites for hydroxylation is 2. The van der Waals surface area contributed by atoms with Crippen LogP contribution in [0.4, 0.5) is 0 Å². The SMILES string of the molecule is Cc1c(C)n(C(C)c2ccccc2)c2cccnc12.Cc1cc2ncccc2n1C(C)c1ccccc1.O=C=O.O=C=O. The molecule has 8 nitrogen and oxygen atoms in total. The lowest BCUT2D eigenvalue weighted by molar-refractivity contribution is -0.193. The van der Waals surface area contributed by atoms with Crippen LogP contribution in [0, 0.1) is 20.8 Å². The van der Waals surface area contributed by atoms with Crippen molar-refractivity contribution in [3.05, 3.63) is 131 Å². The smallest absolute Gasteiger partial charge is 0.336 e. The van der Waals surface area contributed by atoms with Crippen molar-refractivity contribution in [2.24, 2.45) is 0 Å². The van der Waals surface area contributed by atoms with Crippen molar-refractivity contribution in [2.45, 2.75) is 46.7 Å². The van der Waals surface area contributed by atoms with Crippen molar-refractivity contribution in [2.75, 3.05) is 0 Å². The summed E-state index contributed by atoms with van der Waals surface area (Å²) in [4.78, 5) is 41.4. The molecule has 0 aliphatic carbocycles. The Kier molecular flexibility index (Phi) is 11.6. The van der Waals surface area contributed by atoms with Gasteiger partial charge in [-0.05, 0) is 81.6 Å². The monoisotopic (exact) mass is 574 g/mol. The molecular formula is C35H34N4O4. The van der Waals surface area contributed by atoms with Gasteiger partial charge in [0, 0.05) is 23.8 Å². The van der Waals surface area contributed by atoms with Crippen molar-refractivity contribution in [1.82, 2.24) is 19.1 Å². The summed E-state index contributed by atoms with van der Waals surface area (Å²) >= 11 is 0. The van der Waals surface area contributed by atoms with E-state index < -0.39 is 0 Å². The largest absolute Gasteiger partial charge is 0.373 e. The quantitative estimate of drug-likeness (QED) is 0.223. The normalized spacial score (nSPS) is 11.4. The van der Waals surface area contributed by atoms with Gasteiger partial charge in [0.25, 0.3) is 0 Å². The van der Waals surface area contributed by atoms with E-state index in [-0.39, 0.29) is 12.3 Å². The molecule has 0 saturated heterocycles. The summed E-state index contributed by atoms with van der Waals surface area (Å²) in [5.74, 6) is 0. The zero-order valence-electron chi connectivity index (χ0n) is 24.9.